The highest BCUT2D eigenvalue weighted by molar-refractivity contribution is 5.49. The zero-order valence-corrected chi connectivity index (χ0v) is 14.7. The minimum absolute atomic E-state index is 0.0530. The second kappa shape index (κ2) is 7.10. The quantitative estimate of drug-likeness (QED) is 0.529. The smallest absolute Gasteiger partial charge is 0.350 e. The van der Waals surface area contributed by atoms with Crippen LogP contribution in [0.1, 0.15) is 5.56 Å². The largest absolute Gasteiger partial charge is 0.494 e. The van der Waals surface area contributed by atoms with Crippen molar-refractivity contribution in [2.24, 2.45) is 0 Å². The molecule has 0 aliphatic carbocycles. The Kier molecular flexibility index (Phi) is 4.48. The molecular formula is C19H14F2N4O3. The number of aromatic nitrogens is 4. The van der Waals surface area contributed by atoms with Crippen molar-refractivity contribution in [2.75, 3.05) is 7.11 Å². The number of fused-ring (bicyclic) bond motifs is 1. The number of halogens is 2. The summed E-state index contributed by atoms with van der Waals surface area (Å²) in [4.78, 5) is 16.7. The van der Waals surface area contributed by atoms with E-state index in [2.05, 4.69) is 10.1 Å². The van der Waals surface area contributed by atoms with Gasteiger partial charge in [0.05, 0.1) is 13.7 Å². The molecule has 142 valence electrons. The van der Waals surface area contributed by atoms with E-state index in [1.807, 2.05) is 0 Å². The maximum Gasteiger partial charge on any atom is 0.350 e. The average molecular weight is 384 g/mol. The first-order valence-corrected chi connectivity index (χ1v) is 8.25. The standard InChI is InChI=1S/C19H14F2N4O3/c1-27-16-7-2-12(10-15(16)21)11-25-19(26)24-9-8-22-18(17(24)23-25)28-14-5-3-13(20)4-6-14/h2-10H,11H2,1H3. The lowest BCUT2D eigenvalue weighted by atomic mass is 10.2. The van der Waals surface area contributed by atoms with Crippen LogP contribution in [0.15, 0.2) is 59.7 Å². The number of rotatable bonds is 5. The molecule has 0 saturated carbocycles. The van der Waals surface area contributed by atoms with Gasteiger partial charge in [0.15, 0.2) is 11.6 Å². The predicted molar refractivity (Wildman–Crippen MR) is 95.8 cm³/mol. The van der Waals surface area contributed by atoms with Gasteiger partial charge >= 0.3 is 5.69 Å². The van der Waals surface area contributed by atoms with Gasteiger partial charge in [-0.1, -0.05) is 6.07 Å². The fourth-order valence-electron chi connectivity index (χ4n) is 2.70. The molecule has 0 aliphatic heterocycles. The van der Waals surface area contributed by atoms with Crippen molar-refractivity contribution in [3.63, 3.8) is 0 Å². The summed E-state index contributed by atoms with van der Waals surface area (Å²) in [7, 11) is 1.38. The zero-order valence-electron chi connectivity index (χ0n) is 14.7. The average Bonchev–Trinajstić information content (AvgIpc) is 3.01. The van der Waals surface area contributed by atoms with E-state index in [0.717, 1.165) is 0 Å². The molecule has 4 rings (SSSR count). The molecule has 28 heavy (non-hydrogen) atoms. The summed E-state index contributed by atoms with van der Waals surface area (Å²) in [5.41, 5.74) is 0.293. The van der Waals surface area contributed by atoms with Gasteiger partial charge in [0.2, 0.25) is 5.65 Å². The highest BCUT2D eigenvalue weighted by atomic mass is 19.1. The van der Waals surface area contributed by atoms with Gasteiger partial charge in [-0.15, -0.1) is 5.10 Å². The molecule has 0 aliphatic rings. The Balaban J connectivity index is 1.69. The normalized spacial score (nSPS) is 11.0. The van der Waals surface area contributed by atoms with Gasteiger partial charge in [0, 0.05) is 12.4 Å². The van der Waals surface area contributed by atoms with E-state index in [0.29, 0.717) is 11.3 Å². The molecule has 2 aromatic heterocycles. The number of ether oxygens (including phenoxy) is 2. The molecule has 0 saturated heterocycles. The van der Waals surface area contributed by atoms with Gasteiger partial charge in [-0.05, 0) is 42.0 Å². The second-order valence-electron chi connectivity index (χ2n) is 5.89. The van der Waals surface area contributed by atoms with Crippen molar-refractivity contribution in [2.45, 2.75) is 6.54 Å². The van der Waals surface area contributed by atoms with E-state index in [9.17, 15) is 13.6 Å². The Morgan fingerprint density at radius 3 is 2.61 bits per heavy atom. The van der Waals surface area contributed by atoms with Crippen molar-refractivity contribution >= 4 is 5.65 Å². The molecule has 0 unspecified atom stereocenters. The van der Waals surface area contributed by atoms with Crippen molar-refractivity contribution < 1.29 is 18.3 Å². The molecule has 2 aromatic carbocycles. The molecule has 9 heteroatoms. The number of benzene rings is 2. The highest BCUT2D eigenvalue weighted by Gasteiger charge is 2.14. The van der Waals surface area contributed by atoms with Crippen LogP contribution in [0.2, 0.25) is 0 Å². The first-order chi connectivity index (χ1) is 13.5. The monoisotopic (exact) mass is 384 g/mol. The summed E-state index contributed by atoms with van der Waals surface area (Å²) in [6.45, 7) is 0.0530. The summed E-state index contributed by atoms with van der Waals surface area (Å²) < 4.78 is 39.9. The molecule has 0 fully saturated rings. The molecule has 0 atom stereocenters. The van der Waals surface area contributed by atoms with Crippen LogP contribution in [0.4, 0.5) is 8.78 Å². The van der Waals surface area contributed by atoms with E-state index in [-0.39, 0.29) is 23.8 Å². The van der Waals surface area contributed by atoms with Crippen molar-refractivity contribution in [1.29, 1.82) is 0 Å². The van der Waals surface area contributed by atoms with Gasteiger partial charge in [0.1, 0.15) is 11.6 Å². The molecule has 2 heterocycles. The lowest BCUT2D eigenvalue weighted by molar-refractivity contribution is 0.386. The third-order valence-corrected chi connectivity index (χ3v) is 4.05. The van der Waals surface area contributed by atoms with Gasteiger partial charge < -0.3 is 9.47 Å². The van der Waals surface area contributed by atoms with Gasteiger partial charge in [-0.2, -0.15) is 0 Å². The van der Waals surface area contributed by atoms with E-state index in [1.165, 1.54) is 65.0 Å². The van der Waals surface area contributed by atoms with Crippen LogP contribution < -0.4 is 15.2 Å². The minimum Gasteiger partial charge on any atom is -0.494 e. The first-order valence-electron chi connectivity index (χ1n) is 8.25. The number of hydrogen-bond donors (Lipinski definition) is 0. The van der Waals surface area contributed by atoms with E-state index >= 15 is 0 Å². The summed E-state index contributed by atoms with van der Waals surface area (Å²) in [6.07, 6.45) is 2.85. The molecule has 0 spiro atoms. The third-order valence-electron chi connectivity index (χ3n) is 4.05. The summed E-state index contributed by atoms with van der Waals surface area (Å²) in [5.74, 6) is -0.373. The van der Waals surface area contributed by atoms with Crippen LogP contribution >= 0.6 is 0 Å². The highest BCUT2D eigenvalue weighted by Crippen LogP contribution is 2.22. The minimum atomic E-state index is -0.529. The molecule has 0 amide bonds. The van der Waals surface area contributed by atoms with E-state index in [1.54, 1.807) is 6.07 Å². The Hall–Kier alpha value is -3.75. The van der Waals surface area contributed by atoms with Gasteiger partial charge in [-0.25, -0.2) is 27.6 Å². The number of methoxy groups -OCH3 is 1. The van der Waals surface area contributed by atoms with Crippen LogP contribution in [0.5, 0.6) is 17.4 Å². The molecule has 0 N–H and O–H groups in total. The van der Waals surface area contributed by atoms with Crippen LogP contribution in [0.3, 0.4) is 0 Å². The van der Waals surface area contributed by atoms with Gasteiger partial charge in [-0.3, -0.25) is 0 Å². The molecule has 0 bridgehead atoms. The predicted octanol–water partition coefficient (Wildman–Crippen LogP) is 3.02. The molecular weight excluding hydrogens is 370 g/mol. The second-order valence-corrected chi connectivity index (χ2v) is 5.89. The summed E-state index contributed by atoms with van der Waals surface area (Å²) in [5, 5.41) is 4.25. The van der Waals surface area contributed by atoms with Crippen LogP contribution in [0, 0.1) is 11.6 Å². The van der Waals surface area contributed by atoms with E-state index < -0.39 is 17.3 Å². The topological polar surface area (TPSA) is 70.7 Å². The van der Waals surface area contributed by atoms with Crippen molar-refractivity contribution in [1.82, 2.24) is 19.2 Å². The van der Waals surface area contributed by atoms with Gasteiger partial charge in [0.25, 0.3) is 5.88 Å². The third kappa shape index (κ3) is 3.29. The fourth-order valence-corrected chi connectivity index (χ4v) is 2.70. The number of hydrogen-bond acceptors (Lipinski definition) is 5. The van der Waals surface area contributed by atoms with Crippen molar-refractivity contribution in [3.05, 3.63) is 82.5 Å². The van der Waals surface area contributed by atoms with Crippen LogP contribution in [0.25, 0.3) is 5.65 Å². The van der Waals surface area contributed by atoms with Crippen LogP contribution in [-0.2, 0) is 6.54 Å². The Labute approximate surface area is 157 Å². The molecule has 4 aromatic rings. The SMILES string of the molecule is COc1ccc(Cn2nc3c(Oc4ccc(F)cc4)nccn3c2=O)cc1F. The molecule has 0 radical (unpaired) electrons. The van der Waals surface area contributed by atoms with E-state index in [4.69, 9.17) is 9.47 Å². The maximum absolute atomic E-state index is 13.9. The Morgan fingerprint density at radius 2 is 1.89 bits per heavy atom. The Morgan fingerprint density at radius 1 is 1.11 bits per heavy atom. The number of nitrogens with zero attached hydrogens (tertiary/aromatic N) is 4. The fraction of sp³-hybridized carbons (Fsp3) is 0.105. The lowest BCUT2D eigenvalue weighted by Crippen LogP contribution is -2.21. The molecule has 7 nitrogen and oxygen atoms in total. The summed E-state index contributed by atoms with van der Waals surface area (Å²) in [6, 6.07) is 9.79. The summed E-state index contributed by atoms with van der Waals surface area (Å²) >= 11 is 0. The maximum atomic E-state index is 13.9. The Bertz CT molecular complexity index is 1200. The van der Waals surface area contributed by atoms with Crippen molar-refractivity contribution in [3.8, 4) is 17.4 Å². The lowest BCUT2D eigenvalue weighted by Gasteiger charge is -2.05. The zero-order chi connectivity index (χ0) is 19.7. The first kappa shape index (κ1) is 17.7. The van der Waals surface area contributed by atoms with Crippen LogP contribution in [-0.4, -0.2) is 26.3 Å².